The van der Waals surface area contributed by atoms with E-state index in [1.165, 1.54) is 11.3 Å². The molecule has 0 spiro atoms. The number of hydrogen-bond donors (Lipinski definition) is 1. The Bertz CT molecular complexity index is 386. The maximum absolute atomic E-state index is 8.86. The van der Waals surface area contributed by atoms with E-state index in [2.05, 4.69) is 9.97 Å². The fourth-order valence-electron chi connectivity index (χ4n) is 1.01. The Morgan fingerprint density at radius 1 is 1.31 bits per heavy atom. The molecule has 4 heteroatoms. The average molecular weight is 192 g/mol. The van der Waals surface area contributed by atoms with Crippen molar-refractivity contribution in [3.8, 4) is 10.6 Å². The first-order valence-electron chi connectivity index (χ1n) is 3.86. The Morgan fingerprint density at radius 2 is 2.08 bits per heavy atom. The van der Waals surface area contributed by atoms with Gasteiger partial charge in [0, 0.05) is 24.2 Å². The number of nitrogens with zero attached hydrogens (tertiary/aromatic N) is 2. The highest BCUT2D eigenvalue weighted by atomic mass is 32.1. The van der Waals surface area contributed by atoms with Crippen LogP contribution in [0.3, 0.4) is 0 Å². The Balaban J connectivity index is 2.36. The number of thiazole rings is 1. The highest BCUT2D eigenvalue weighted by molar-refractivity contribution is 7.15. The summed E-state index contributed by atoms with van der Waals surface area (Å²) in [5, 5.41) is 9.78. The first-order chi connectivity index (χ1) is 6.40. The van der Waals surface area contributed by atoms with Gasteiger partial charge in [0.15, 0.2) is 0 Å². The van der Waals surface area contributed by atoms with Crippen LogP contribution in [0.15, 0.2) is 30.7 Å². The van der Waals surface area contributed by atoms with Gasteiger partial charge in [-0.2, -0.15) is 0 Å². The van der Waals surface area contributed by atoms with Gasteiger partial charge in [-0.15, -0.1) is 11.3 Å². The van der Waals surface area contributed by atoms with Crippen LogP contribution in [0.25, 0.3) is 10.6 Å². The van der Waals surface area contributed by atoms with Gasteiger partial charge in [0.1, 0.15) is 5.01 Å². The lowest BCUT2D eigenvalue weighted by atomic mass is 10.3. The van der Waals surface area contributed by atoms with E-state index < -0.39 is 0 Å². The van der Waals surface area contributed by atoms with Crippen LogP contribution in [0.5, 0.6) is 0 Å². The molecule has 0 amide bonds. The van der Waals surface area contributed by atoms with E-state index in [4.69, 9.17) is 5.11 Å². The zero-order chi connectivity index (χ0) is 9.10. The molecule has 0 fully saturated rings. The van der Waals surface area contributed by atoms with E-state index in [-0.39, 0.29) is 6.61 Å². The number of aliphatic hydroxyl groups excluding tert-OH is 1. The van der Waals surface area contributed by atoms with E-state index in [1.807, 2.05) is 12.1 Å². The molecule has 3 nitrogen and oxygen atoms in total. The van der Waals surface area contributed by atoms with E-state index in [9.17, 15) is 0 Å². The monoisotopic (exact) mass is 192 g/mol. The number of pyridine rings is 1. The summed E-state index contributed by atoms with van der Waals surface area (Å²) in [7, 11) is 0. The third-order valence-corrected chi connectivity index (χ3v) is 2.67. The highest BCUT2D eigenvalue weighted by Crippen LogP contribution is 2.23. The predicted molar refractivity (Wildman–Crippen MR) is 51.3 cm³/mol. The summed E-state index contributed by atoms with van der Waals surface area (Å²) in [6.07, 6.45) is 5.16. The average Bonchev–Trinajstić information content (AvgIpc) is 2.67. The lowest BCUT2D eigenvalue weighted by Gasteiger charge is -1.92. The van der Waals surface area contributed by atoms with Crippen molar-refractivity contribution in [2.45, 2.75) is 6.61 Å². The Morgan fingerprint density at radius 3 is 2.69 bits per heavy atom. The van der Waals surface area contributed by atoms with Crippen LogP contribution in [-0.4, -0.2) is 15.1 Å². The number of rotatable bonds is 2. The van der Waals surface area contributed by atoms with Crippen LogP contribution in [0.4, 0.5) is 0 Å². The molecule has 2 aromatic rings. The molecule has 0 aliphatic heterocycles. The minimum absolute atomic E-state index is 0.0583. The molecule has 0 saturated heterocycles. The fraction of sp³-hybridized carbons (Fsp3) is 0.111. The maximum Gasteiger partial charge on any atom is 0.123 e. The minimum atomic E-state index is 0.0583. The minimum Gasteiger partial charge on any atom is -0.391 e. The molecule has 0 aliphatic rings. The molecule has 66 valence electrons. The highest BCUT2D eigenvalue weighted by Gasteiger charge is 2.02. The molecule has 2 aromatic heterocycles. The van der Waals surface area contributed by atoms with Gasteiger partial charge in [-0.1, -0.05) is 0 Å². The number of aliphatic hydroxyl groups is 1. The number of hydrogen-bond acceptors (Lipinski definition) is 4. The van der Waals surface area contributed by atoms with Crippen molar-refractivity contribution >= 4 is 11.3 Å². The number of aromatic nitrogens is 2. The van der Waals surface area contributed by atoms with Crippen molar-refractivity contribution in [1.29, 1.82) is 0 Å². The first-order valence-corrected chi connectivity index (χ1v) is 4.68. The molecule has 0 atom stereocenters. The Labute approximate surface area is 79.7 Å². The summed E-state index contributed by atoms with van der Waals surface area (Å²) in [5.74, 6) is 0. The SMILES string of the molecule is OCc1cnc(-c2ccncc2)s1. The van der Waals surface area contributed by atoms with Gasteiger partial charge < -0.3 is 5.11 Å². The fourth-order valence-corrected chi connectivity index (χ4v) is 1.79. The normalized spacial score (nSPS) is 10.2. The standard InChI is InChI=1S/C9H8N2OS/c12-6-8-5-11-9(13-8)7-1-3-10-4-2-7/h1-5,12H,6H2. The summed E-state index contributed by atoms with van der Waals surface area (Å²) < 4.78 is 0. The van der Waals surface area contributed by atoms with Crippen LogP contribution >= 0.6 is 11.3 Å². The van der Waals surface area contributed by atoms with Crippen LogP contribution in [0, 0.1) is 0 Å². The van der Waals surface area contributed by atoms with Crippen LogP contribution < -0.4 is 0 Å². The third kappa shape index (κ3) is 1.74. The molecular formula is C9H8N2OS. The van der Waals surface area contributed by atoms with Crippen LogP contribution in [0.1, 0.15) is 4.88 Å². The molecule has 0 aliphatic carbocycles. The van der Waals surface area contributed by atoms with Crippen molar-refractivity contribution in [3.05, 3.63) is 35.6 Å². The van der Waals surface area contributed by atoms with Gasteiger partial charge >= 0.3 is 0 Å². The molecule has 0 radical (unpaired) electrons. The molecule has 2 rings (SSSR count). The molecule has 0 unspecified atom stereocenters. The summed E-state index contributed by atoms with van der Waals surface area (Å²) in [6, 6.07) is 3.81. The summed E-state index contributed by atoms with van der Waals surface area (Å²) in [5.41, 5.74) is 1.04. The largest absolute Gasteiger partial charge is 0.391 e. The summed E-state index contributed by atoms with van der Waals surface area (Å²) in [4.78, 5) is 8.99. The molecular weight excluding hydrogens is 184 g/mol. The van der Waals surface area contributed by atoms with Crippen LogP contribution in [-0.2, 0) is 6.61 Å². The second kappa shape index (κ2) is 3.64. The molecule has 0 bridgehead atoms. The third-order valence-electron chi connectivity index (χ3n) is 1.64. The van der Waals surface area contributed by atoms with Gasteiger partial charge in [0.05, 0.1) is 11.5 Å². The molecule has 13 heavy (non-hydrogen) atoms. The van der Waals surface area contributed by atoms with E-state index in [1.54, 1.807) is 18.6 Å². The van der Waals surface area contributed by atoms with Crippen molar-refractivity contribution < 1.29 is 5.11 Å². The van der Waals surface area contributed by atoms with Crippen molar-refractivity contribution in [1.82, 2.24) is 9.97 Å². The van der Waals surface area contributed by atoms with Gasteiger partial charge in [-0.05, 0) is 12.1 Å². The second-order valence-corrected chi connectivity index (χ2v) is 3.64. The Hall–Kier alpha value is -1.26. The quantitative estimate of drug-likeness (QED) is 0.787. The van der Waals surface area contributed by atoms with Crippen molar-refractivity contribution in [2.75, 3.05) is 0 Å². The van der Waals surface area contributed by atoms with Gasteiger partial charge in [-0.25, -0.2) is 4.98 Å². The van der Waals surface area contributed by atoms with Gasteiger partial charge in [-0.3, -0.25) is 4.98 Å². The molecule has 0 saturated carbocycles. The summed E-state index contributed by atoms with van der Waals surface area (Å²) in [6.45, 7) is 0.0583. The first kappa shape index (κ1) is 8.34. The van der Waals surface area contributed by atoms with Crippen molar-refractivity contribution in [3.63, 3.8) is 0 Å². The predicted octanol–water partition coefficient (Wildman–Crippen LogP) is 1.70. The molecule has 1 N–H and O–H groups in total. The second-order valence-electron chi connectivity index (χ2n) is 2.53. The molecule has 2 heterocycles. The topological polar surface area (TPSA) is 46.0 Å². The lowest BCUT2D eigenvalue weighted by molar-refractivity contribution is 0.285. The van der Waals surface area contributed by atoms with Gasteiger partial charge in [0.2, 0.25) is 0 Å². The maximum atomic E-state index is 8.86. The molecule has 0 aromatic carbocycles. The zero-order valence-corrected chi connectivity index (χ0v) is 7.66. The van der Waals surface area contributed by atoms with Crippen molar-refractivity contribution in [2.24, 2.45) is 0 Å². The lowest BCUT2D eigenvalue weighted by Crippen LogP contribution is -1.74. The summed E-state index contributed by atoms with van der Waals surface area (Å²) >= 11 is 1.50. The van der Waals surface area contributed by atoms with E-state index >= 15 is 0 Å². The zero-order valence-electron chi connectivity index (χ0n) is 6.84. The van der Waals surface area contributed by atoms with E-state index in [0.29, 0.717) is 0 Å². The Kier molecular flexibility index (Phi) is 2.33. The smallest absolute Gasteiger partial charge is 0.123 e. The van der Waals surface area contributed by atoms with Crippen LogP contribution in [0.2, 0.25) is 0 Å². The van der Waals surface area contributed by atoms with Gasteiger partial charge in [0.25, 0.3) is 0 Å². The van der Waals surface area contributed by atoms with E-state index in [0.717, 1.165) is 15.4 Å².